The Hall–Kier alpha value is -1.18. The molecule has 2 aliphatic rings. The molecule has 1 aromatic carbocycles. The van der Waals surface area contributed by atoms with Crippen LogP contribution >= 0.6 is 0 Å². The molecule has 3 rings (SSSR count). The predicted octanol–water partition coefficient (Wildman–Crippen LogP) is 4.32. The molecule has 0 aliphatic heterocycles. The zero-order chi connectivity index (χ0) is 13.7. The number of methoxy groups -OCH3 is 1. The smallest absolute Gasteiger partial charge is 0.120 e. The molecule has 3 unspecified atom stereocenters. The maximum atomic E-state index is 5.32. The third-order valence-electron chi connectivity index (χ3n) is 5.65. The van der Waals surface area contributed by atoms with E-state index in [0.717, 1.165) is 11.7 Å². The molecule has 2 heteroatoms. The van der Waals surface area contributed by atoms with Gasteiger partial charge in [0.1, 0.15) is 5.75 Å². The summed E-state index contributed by atoms with van der Waals surface area (Å²) in [6, 6.07) is 8.87. The number of rotatable bonds is 3. The lowest BCUT2D eigenvalue weighted by atomic mass is 9.68. The summed E-state index contributed by atoms with van der Waals surface area (Å²) in [5, 5.41) is 3.80. The fourth-order valence-corrected chi connectivity index (χ4v) is 4.54. The van der Waals surface area contributed by atoms with Gasteiger partial charge in [0.15, 0.2) is 0 Å². The quantitative estimate of drug-likeness (QED) is 0.872. The van der Waals surface area contributed by atoms with E-state index in [-0.39, 0.29) is 0 Å². The van der Waals surface area contributed by atoms with E-state index in [9.17, 15) is 0 Å². The summed E-state index contributed by atoms with van der Waals surface area (Å²) in [7, 11) is 1.72. The molecule has 2 saturated carbocycles. The van der Waals surface area contributed by atoms with Crippen LogP contribution in [-0.4, -0.2) is 13.2 Å². The molecule has 104 valence electrons. The topological polar surface area (TPSA) is 21.3 Å². The normalized spacial score (nSPS) is 35.4. The summed E-state index contributed by atoms with van der Waals surface area (Å²) in [6.45, 7) is 7.32. The molecular weight excluding hydrogens is 234 g/mol. The van der Waals surface area contributed by atoms with E-state index in [2.05, 4.69) is 44.3 Å². The van der Waals surface area contributed by atoms with E-state index >= 15 is 0 Å². The highest BCUT2D eigenvalue weighted by Crippen LogP contribution is 2.63. The van der Waals surface area contributed by atoms with Gasteiger partial charge in [0, 0.05) is 17.8 Å². The van der Waals surface area contributed by atoms with Crippen LogP contribution in [0.3, 0.4) is 0 Å². The number of ether oxygens (including phenoxy) is 1. The molecule has 1 aromatic rings. The van der Waals surface area contributed by atoms with Gasteiger partial charge >= 0.3 is 0 Å². The highest BCUT2D eigenvalue weighted by Gasteiger charge is 2.59. The molecule has 0 radical (unpaired) electrons. The van der Waals surface area contributed by atoms with E-state index < -0.39 is 0 Å². The first-order valence-corrected chi connectivity index (χ1v) is 7.36. The number of nitrogens with one attached hydrogen (secondary N) is 1. The average molecular weight is 259 g/mol. The van der Waals surface area contributed by atoms with Crippen LogP contribution in [0.25, 0.3) is 0 Å². The van der Waals surface area contributed by atoms with Crippen LogP contribution in [-0.2, 0) is 0 Å². The van der Waals surface area contributed by atoms with Crippen molar-refractivity contribution in [2.45, 2.75) is 46.1 Å². The standard InChI is InChI=1S/C17H25NO/c1-16(2)12-8-9-17(3,11-12)15(16)18-13-6-5-7-14(10-13)19-4/h5-7,10,12,15,18H,8-9,11H2,1-4H3. The number of hydrogen-bond donors (Lipinski definition) is 1. The van der Waals surface area contributed by atoms with Gasteiger partial charge < -0.3 is 10.1 Å². The maximum absolute atomic E-state index is 5.32. The molecule has 19 heavy (non-hydrogen) atoms. The van der Waals surface area contributed by atoms with Crippen molar-refractivity contribution in [2.24, 2.45) is 16.7 Å². The van der Waals surface area contributed by atoms with Gasteiger partial charge in [-0.2, -0.15) is 0 Å². The minimum atomic E-state index is 0.385. The molecule has 3 atom stereocenters. The van der Waals surface area contributed by atoms with Crippen molar-refractivity contribution in [3.63, 3.8) is 0 Å². The van der Waals surface area contributed by atoms with Crippen LogP contribution in [0.4, 0.5) is 5.69 Å². The number of benzene rings is 1. The summed E-state index contributed by atoms with van der Waals surface area (Å²) in [6.07, 6.45) is 4.14. The maximum Gasteiger partial charge on any atom is 0.120 e. The summed E-state index contributed by atoms with van der Waals surface area (Å²) >= 11 is 0. The number of hydrogen-bond acceptors (Lipinski definition) is 2. The van der Waals surface area contributed by atoms with Crippen LogP contribution in [0.1, 0.15) is 40.0 Å². The fourth-order valence-electron chi connectivity index (χ4n) is 4.54. The lowest BCUT2D eigenvalue weighted by molar-refractivity contribution is 0.155. The highest BCUT2D eigenvalue weighted by atomic mass is 16.5. The third-order valence-corrected chi connectivity index (χ3v) is 5.65. The minimum absolute atomic E-state index is 0.385. The van der Waals surface area contributed by atoms with Crippen LogP contribution in [0.15, 0.2) is 24.3 Å². The molecular formula is C17H25NO. The van der Waals surface area contributed by atoms with Crippen molar-refractivity contribution in [3.05, 3.63) is 24.3 Å². The van der Waals surface area contributed by atoms with Crippen LogP contribution in [0, 0.1) is 16.7 Å². The predicted molar refractivity (Wildman–Crippen MR) is 79.6 cm³/mol. The Kier molecular flexibility index (Phi) is 2.81. The lowest BCUT2D eigenvalue weighted by Gasteiger charge is -2.43. The third kappa shape index (κ3) is 1.92. The average Bonchev–Trinajstić information content (AvgIpc) is 2.86. The van der Waals surface area contributed by atoms with Crippen molar-refractivity contribution in [1.29, 1.82) is 0 Å². The van der Waals surface area contributed by atoms with Crippen molar-refractivity contribution < 1.29 is 4.74 Å². The van der Waals surface area contributed by atoms with Crippen molar-refractivity contribution in [2.75, 3.05) is 12.4 Å². The molecule has 1 N–H and O–H groups in total. The minimum Gasteiger partial charge on any atom is -0.497 e. The first-order chi connectivity index (χ1) is 8.95. The Morgan fingerprint density at radius 1 is 1.26 bits per heavy atom. The van der Waals surface area contributed by atoms with Gasteiger partial charge in [-0.05, 0) is 48.1 Å². The number of fused-ring (bicyclic) bond motifs is 2. The molecule has 0 heterocycles. The molecule has 2 nitrogen and oxygen atoms in total. The Balaban J connectivity index is 1.86. The summed E-state index contributed by atoms with van der Waals surface area (Å²) < 4.78 is 5.32. The largest absolute Gasteiger partial charge is 0.497 e. The zero-order valence-corrected chi connectivity index (χ0v) is 12.5. The molecule has 0 spiro atoms. The molecule has 0 aromatic heterocycles. The molecule has 0 saturated heterocycles. The Bertz CT molecular complexity index is 477. The van der Waals surface area contributed by atoms with Crippen molar-refractivity contribution in [3.8, 4) is 5.75 Å². The second kappa shape index (κ2) is 4.16. The highest BCUT2D eigenvalue weighted by molar-refractivity contribution is 5.50. The SMILES string of the molecule is COc1cccc(NC2C3(C)CCC(C3)C2(C)C)c1. The Morgan fingerprint density at radius 2 is 2.05 bits per heavy atom. The Morgan fingerprint density at radius 3 is 2.68 bits per heavy atom. The first-order valence-electron chi connectivity index (χ1n) is 7.36. The van der Waals surface area contributed by atoms with Gasteiger partial charge in [0.05, 0.1) is 7.11 Å². The van der Waals surface area contributed by atoms with E-state index in [1.807, 2.05) is 6.07 Å². The van der Waals surface area contributed by atoms with Gasteiger partial charge in [-0.25, -0.2) is 0 Å². The summed E-state index contributed by atoms with van der Waals surface area (Å²) in [5.41, 5.74) is 2.03. The zero-order valence-electron chi connectivity index (χ0n) is 12.5. The van der Waals surface area contributed by atoms with E-state index in [1.54, 1.807) is 7.11 Å². The molecule has 2 bridgehead atoms. The van der Waals surface area contributed by atoms with E-state index in [0.29, 0.717) is 16.9 Å². The molecule has 2 fully saturated rings. The van der Waals surface area contributed by atoms with E-state index in [4.69, 9.17) is 4.74 Å². The fraction of sp³-hybridized carbons (Fsp3) is 0.647. The van der Waals surface area contributed by atoms with Gasteiger partial charge in [-0.15, -0.1) is 0 Å². The van der Waals surface area contributed by atoms with Crippen LogP contribution < -0.4 is 10.1 Å². The molecule has 2 aliphatic carbocycles. The summed E-state index contributed by atoms with van der Waals surface area (Å²) in [5.74, 6) is 1.80. The van der Waals surface area contributed by atoms with Gasteiger partial charge in [-0.1, -0.05) is 26.8 Å². The van der Waals surface area contributed by atoms with Crippen LogP contribution in [0.2, 0.25) is 0 Å². The van der Waals surface area contributed by atoms with Gasteiger partial charge in [-0.3, -0.25) is 0 Å². The lowest BCUT2D eigenvalue weighted by Crippen LogP contribution is -2.45. The molecule has 0 amide bonds. The second-order valence-corrected chi connectivity index (χ2v) is 7.22. The monoisotopic (exact) mass is 259 g/mol. The van der Waals surface area contributed by atoms with Crippen LogP contribution in [0.5, 0.6) is 5.75 Å². The van der Waals surface area contributed by atoms with Crippen molar-refractivity contribution >= 4 is 5.69 Å². The first kappa shape index (κ1) is 12.8. The van der Waals surface area contributed by atoms with Gasteiger partial charge in [0.25, 0.3) is 0 Å². The number of anilines is 1. The Labute approximate surface area is 116 Å². The van der Waals surface area contributed by atoms with E-state index in [1.165, 1.54) is 24.9 Å². The van der Waals surface area contributed by atoms with Gasteiger partial charge in [0.2, 0.25) is 0 Å². The van der Waals surface area contributed by atoms with Crippen molar-refractivity contribution in [1.82, 2.24) is 0 Å². The second-order valence-electron chi connectivity index (χ2n) is 7.22. The summed E-state index contributed by atoms with van der Waals surface area (Å²) in [4.78, 5) is 0.